The molecule has 4 aromatic rings. The van der Waals surface area contributed by atoms with Crippen LogP contribution < -0.4 is 4.80 Å². The van der Waals surface area contributed by atoms with Crippen LogP contribution in [0.5, 0.6) is 0 Å². The largest absolute Gasteiger partial charge is 0.319 e. The smallest absolute Gasteiger partial charge is 0.279 e. The van der Waals surface area contributed by atoms with Crippen molar-refractivity contribution in [3.63, 3.8) is 0 Å². The fraction of sp³-hybridized carbons (Fsp3) is 0.0833. The van der Waals surface area contributed by atoms with Crippen molar-refractivity contribution in [1.29, 1.82) is 0 Å². The lowest BCUT2D eigenvalue weighted by Crippen LogP contribution is -2.14. The molecule has 3 nitrogen and oxygen atoms in total. The highest BCUT2D eigenvalue weighted by Crippen LogP contribution is 2.34. The molecular formula is C24H18Cl2N2OS. The zero-order chi connectivity index (χ0) is 21.3. The van der Waals surface area contributed by atoms with Gasteiger partial charge < -0.3 is 4.57 Å². The molecule has 0 radical (unpaired) electrons. The summed E-state index contributed by atoms with van der Waals surface area (Å²) in [7, 11) is 1.92. The molecule has 0 aliphatic carbocycles. The van der Waals surface area contributed by atoms with Crippen LogP contribution in [0, 0.1) is 6.92 Å². The third kappa shape index (κ3) is 4.12. The van der Waals surface area contributed by atoms with E-state index < -0.39 is 0 Å². The van der Waals surface area contributed by atoms with Crippen LogP contribution in [0.3, 0.4) is 0 Å². The summed E-state index contributed by atoms with van der Waals surface area (Å²) in [6.07, 6.45) is 0. The molecular weight excluding hydrogens is 435 g/mol. The highest BCUT2D eigenvalue weighted by atomic mass is 35.5. The van der Waals surface area contributed by atoms with E-state index in [0.29, 0.717) is 20.4 Å². The van der Waals surface area contributed by atoms with E-state index in [0.717, 1.165) is 27.3 Å². The first-order valence-corrected chi connectivity index (χ1v) is 10.9. The van der Waals surface area contributed by atoms with Gasteiger partial charge in [0.15, 0.2) is 4.80 Å². The zero-order valence-corrected chi connectivity index (χ0v) is 18.7. The first-order valence-electron chi connectivity index (χ1n) is 9.30. The maximum atomic E-state index is 12.8. The topological polar surface area (TPSA) is 34.4 Å². The molecule has 0 saturated carbocycles. The molecule has 0 spiro atoms. The van der Waals surface area contributed by atoms with Gasteiger partial charge in [0.2, 0.25) is 0 Å². The van der Waals surface area contributed by atoms with Gasteiger partial charge in [0.05, 0.1) is 10.6 Å². The molecule has 150 valence electrons. The first kappa shape index (κ1) is 20.6. The summed E-state index contributed by atoms with van der Waals surface area (Å²) in [6, 6.07) is 23.0. The van der Waals surface area contributed by atoms with E-state index in [1.54, 1.807) is 12.1 Å². The predicted octanol–water partition coefficient (Wildman–Crippen LogP) is 6.78. The van der Waals surface area contributed by atoms with Gasteiger partial charge >= 0.3 is 0 Å². The molecule has 0 bridgehead atoms. The van der Waals surface area contributed by atoms with Crippen LogP contribution in [0.1, 0.15) is 15.9 Å². The quantitative estimate of drug-likeness (QED) is 0.337. The number of carbonyl (C=O) groups is 1. The number of amides is 1. The number of aryl methyl sites for hydroxylation is 1. The van der Waals surface area contributed by atoms with Crippen LogP contribution in [0.15, 0.2) is 77.8 Å². The van der Waals surface area contributed by atoms with Gasteiger partial charge in [0.25, 0.3) is 5.91 Å². The lowest BCUT2D eigenvalue weighted by Gasteiger charge is -2.07. The molecule has 30 heavy (non-hydrogen) atoms. The summed E-state index contributed by atoms with van der Waals surface area (Å²) in [5.41, 5.74) is 4.44. The van der Waals surface area contributed by atoms with Crippen molar-refractivity contribution in [2.45, 2.75) is 6.92 Å². The van der Waals surface area contributed by atoms with Crippen LogP contribution in [0.25, 0.3) is 21.7 Å². The summed E-state index contributed by atoms with van der Waals surface area (Å²) in [4.78, 5) is 18.9. The number of benzene rings is 3. The number of hydrogen-bond acceptors (Lipinski definition) is 2. The summed E-state index contributed by atoms with van der Waals surface area (Å²) in [5, 5.41) is 1.23. The number of rotatable bonds is 3. The number of hydrogen-bond donors (Lipinski definition) is 0. The Kier molecular flexibility index (Phi) is 5.91. The second kappa shape index (κ2) is 8.60. The van der Waals surface area contributed by atoms with E-state index in [4.69, 9.17) is 23.2 Å². The Bertz CT molecular complexity index is 1290. The van der Waals surface area contributed by atoms with Gasteiger partial charge in [-0.2, -0.15) is 4.99 Å². The fourth-order valence-electron chi connectivity index (χ4n) is 3.15. The molecule has 0 unspecified atom stereocenters. The molecule has 0 atom stereocenters. The Balaban J connectivity index is 1.89. The first-order chi connectivity index (χ1) is 14.4. The molecule has 0 saturated heterocycles. The molecule has 1 amide bonds. The van der Waals surface area contributed by atoms with Gasteiger partial charge in [-0.25, -0.2) is 0 Å². The number of carbonyl (C=O) groups excluding carboxylic acids is 1. The van der Waals surface area contributed by atoms with Gasteiger partial charge in [-0.05, 0) is 47.9 Å². The van der Waals surface area contributed by atoms with Crippen molar-refractivity contribution in [2.24, 2.45) is 12.0 Å². The monoisotopic (exact) mass is 452 g/mol. The number of halogens is 2. The van der Waals surface area contributed by atoms with E-state index in [1.807, 2.05) is 67.1 Å². The fourth-order valence-corrected chi connectivity index (χ4v) is 4.60. The molecule has 3 aromatic carbocycles. The predicted molar refractivity (Wildman–Crippen MR) is 125 cm³/mol. The van der Waals surface area contributed by atoms with Crippen LogP contribution >= 0.6 is 34.5 Å². The van der Waals surface area contributed by atoms with Crippen LogP contribution in [0.4, 0.5) is 0 Å². The minimum absolute atomic E-state index is 0.323. The summed E-state index contributed by atoms with van der Waals surface area (Å²) in [5.74, 6) is -0.323. The molecule has 1 heterocycles. The molecule has 0 fully saturated rings. The van der Waals surface area contributed by atoms with Gasteiger partial charge in [-0.1, -0.05) is 83.1 Å². The van der Waals surface area contributed by atoms with Crippen molar-refractivity contribution in [3.05, 3.63) is 98.8 Å². The Morgan fingerprint density at radius 2 is 1.63 bits per heavy atom. The normalized spacial score (nSPS) is 11.7. The number of nitrogens with zero attached hydrogens (tertiary/aromatic N) is 2. The molecule has 0 N–H and O–H groups in total. The van der Waals surface area contributed by atoms with Crippen molar-refractivity contribution < 1.29 is 4.79 Å². The third-order valence-corrected chi connectivity index (χ3v) is 6.64. The lowest BCUT2D eigenvalue weighted by atomic mass is 10.1. The maximum absolute atomic E-state index is 12.8. The summed E-state index contributed by atoms with van der Waals surface area (Å²) in [6.45, 7) is 1.90. The average Bonchev–Trinajstić information content (AvgIpc) is 3.07. The van der Waals surface area contributed by atoms with Gasteiger partial charge in [0, 0.05) is 22.7 Å². The number of aromatic nitrogens is 1. The van der Waals surface area contributed by atoms with Gasteiger partial charge in [-0.15, -0.1) is 0 Å². The minimum atomic E-state index is -0.323. The Hall–Kier alpha value is -2.66. The number of thiazole rings is 1. The van der Waals surface area contributed by atoms with Gasteiger partial charge in [-0.3, -0.25) is 4.79 Å². The SMILES string of the molecule is Cc1ccc(C(=O)N=c2sc(-c3ccccc3)c(-c3ccc(Cl)cc3)n2C)cc1Cl. The average molecular weight is 453 g/mol. The van der Waals surface area contributed by atoms with E-state index in [9.17, 15) is 4.79 Å². The lowest BCUT2D eigenvalue weighted by molar-refractivity contribution is 0.0998. The standard InChI is InChI=1S/C24H18Cl2N2OS/c1-15-8-9-18(14-20(15)26)23(29)27-24-28(2)21(16-10-12-19(25)13-11-16)22(30-24)17-6-4-3-5-7-17/h3-14H,1-2H3. The van der Waals surface area contributed by atoms with E-state index in [1.165, 1.54) is 11.3 Å². The molecule has 6 heteroatoms. The second-order valence-corrected chi connectivity index (χ2v) is 8.70. The third-order valence-electron chi connectivity index (χ3n) is 4.80. The Morgan fingerprint density at radius 1 is 0.933 bits per heavy atom. The van der Waals surface area contributed by atoms with E-state index in [2.05, 4.69) is 17.1 Å². The van der Waals surface area contributed by atoms with Crippen LogP contribution in [0.2, 0.25) is 10.0 Å². The zero-order valence-electron chi connectivity index (χ0n) is 16.4. The second-order valence-electron chi connectivity index (χ2n) is 6.88. The molecule has 4 rings (SSSR count). The van der Waals surface area contributed by atoms with Crippen molar-refractivity contribution in [1.82, 2.24) is 4.57 Å². The van der Waals surface area contributed by atoms with Crippen LogP contribution in [-0.4, -0.2) is 10.5 Å². The summed E-state index contributed by atoms with van der Waals surface area (Å²) >= 11 is 13.7. The highest BCUT2D eigenvalue weighted by molar-refractivity contribution is 7.13. The molecule has 0 aliphatic rings. The maximum Gasteiger partial charge on any atom is 0.279 e. The van der Waals surface area contributed by atoms with Crippen molar-refractivity contribution >= 4 is 40.4 Å². The Labute approximate surface area is 188 Å². The van der Waals surface area contributed by atoms with Crippen LogP contribution in [-0.2, 0) is 7.05 Å². The van der Waals surface area contributed by atoms with Crippen molar-refractivity contribution in [2.75, 3.05) is 0 Å². The Morgan fingerprint density at radius 3 is 2.30 bits per heavy atom. The molecule has 0 aliphatic heterocycles. The van der Waals surface area contributed by atoms with Gasteiger partial charge in [0.1, 0.15) is 0 Å². The highest BCUT2D eigenvalue weighted by Gasteiger charge is 2.16. The van der Waals surface area contributed by atoms with E-state index >= 15 is 0 Å². The van der Waals surface area contributed by atoms with E-state index in [-0.39, 0.29) is 5.91 Å². The summed E-state index contributed by atoms with van der Waals surface area (Å²) < 4.78 is 1.95. The minimum Gasteiger partial charge on any atom is -0.319 e. The molecule has 1 aromatic heterocycles. The van der Waals surface area contributed by atoms with Crippen molar-refractivity contribution in [3.8, 4) is 21.7 Å².